The molecule has 1 aromatic carbocycles. The smallest absolute Gasteiger partial charge is 0.326 e. The third-order valence-corrected chi connectivity index (χ3v) is 5.59. The van der Waals surface area contributed by atoms with Gasteiger partial charge in [0.1, 0.15) is 6.04 Å². The number of carbonyl (C=O) groups is 2. The Bertz CT molecular complexity index is 555. The van der Waals surface area contributed by atoms with Crippen molar-refractivity contribution in [2.75, 3.05) is 5.75 Å². The van der Waals surface area contributed by atoms with Crippen LogP contribution in [0.2, 0.25) is 0 Å². The second-order valence-electron chi connectivity index (χ2n) is 5.89. The highest BCUT2D eigenvalue weighted by Crippen LogP contribution is 2.23. The van der Waals surface area contributed by atoms with E-state index < -0.39 is 22.8 Å². The SMILES string of the molecule is O=C(N[C@@H](CC[S@](=O)c1ccccc1)C(=O)O)C1CCCCC1. The van der Waals surface area contributed by atoms with E-state index in [-0.39, 0.29) is 24.0 Å². The number of aliphatic carboxylic acids is 1. The number of carboxylic acids is 1. The van der Waals surface area contributed by atoms with E-state index in [1.165, 1.54) is 0 Å². The molecule has 0 aliphatic heterocycles. The summed E-state index contributed by atoms with van der Waals surface area (Å²) in [6.45, 7) is 0. The number of nitrogens with one attached hydrogen (secondary N) is 1. The molecule has 1 amide bonds. The van der Waals surface area contributed by atoms with E-state index in [1.54, 1.807) is 24.3 Å². The van der Waals surface area contributed by atoms with Gasteiger partial charge in [0, 0.05) is 16.6 Å². The third-order valence-electron chi connectivity index (χ3n) is 4.19. The first-order valence-corrected chi connectivity index (χ1v) is 9.36. The van der Waals surface area contributed by atoms with Gasteiger partial charge in [-0.2, -0.15) is 0 Å². The van der Waals surface area contributed by atoms with Crippen LogP contribution in [0.4, 0.5) is 0 Å². The summed E-state index contributed by atoms with van der Waals surface area (Å²) in [5.41, 5.74) is 0. The van der Waals surface area contributed by atoms with Crippen molar-refractivity contribution >= 4 is 22.7 Å². The second kappa shape index (κ2) is 8.82. The molecular formula is C17H23NO4S. The Morgan fingerprint density at radius 3 is 2.43 bits per heavy atom. The standard InChI is InChI=1S/C17H23NO4S/c19-16(13-7-3-1-4-8-13)18-15(17(20)21)11-12-23(22)14-9-5-2-6-10-14/h2,5-6,9-10,13,15H,1,3-4,7-8,11-12H2,(H,18,19)(H,20,21)/t15-,23-/m0/s1. The van der Waals surface area contributed by atoms with Gasteiger partial charge in [0.25, 0.3) is 0 Å². The molecular weight excluding hydrogens is 314 g/mol. The Hall–Kier alpha value is -1.69. The van der Waals surface area contributed by atoms with E-state index in [0.717, 1.165) is 32.1 Å². The monoisotopic (exact) mass is 337 g/mol. The lowest BCUT2D eigenvalue weighted by molar-refractivity contribution is -0.142. The molecule has 126 valence electrons. The molecule has 5 nitrogen and oxygen atoms in total. The van der Waals surface area contributed by atoms with Crippen LogP contribution < -0.4 is 5.32 Å². The molecule has 1 saturated carbocycles. The Kier molecular flexibility index (Phi) is 6.77. The van der Waals surface area contributed by atoms with Crippen LogP contribution in [-0.2, 0) is 20.4 Å². The summed E-state index contributed by atoms with van der Waals surface area (Å²) < 4.78 is 12.2. The molecule has 0 heterocycles. The summed E-state index contributed by atoms with van der Waals surface area (Å²) in [5, 5.41) is 11.9. The fourth-order valence-electron chi connectivity index (χ4n) is 2.83. The molecule has 0 radical (unpaired) electrons. The van der Waals surface area contributed by atoms with Crippen molar-refractivity contribution in [3.63, 3.8) is 0 Å². The zero-order valence-corrected chi connectivity index (χ0v) is 13.9. The molecule has 2 N–H and O–H groups in total. The molecule has 0 saturated heterocycles. The maximum Gasteiger partial charge on any atom is 0.326 e. The van der Waals surface area contributed by atoms with Gasteiger partial charge in [-0.25, -0.2) is 4.79 Å². The van der Waals surface area contributed by atoms with Gasteiger partial charge in [0.2, 0.25) is 5.91 Å². The molecule has 0 aromatic heterocycles. The summed E-state index contributed by atoms with van der Waals surface area (Å²) in [6.07, 6.45) is 5.00. The fraction of sp³-hybridized carbons (Fsp3) is 0.529. The number of carboxylic acid groups (broad SMARTS) is 1. The molecule has 0 spiro atoms. The first kappa shape index (κ1) is 17.7. The van der Waals surface area contributed by atoms with Crippen LogP contribution in [0, 0.1) is 5.92 Å². The predicted octanol–water partition coefficient (Wildman–Crippen LogP) is 2.33. The third kappa shape index (κ3) is 5.46. The van der Waals surface area contributed by atoms with Gasteiger partial charge >= 0.3 is 5.97 Å². The quantitative estimate of drug-likeness (QED) is 0.800. The van der Waals surface area contributed by atoms with Crippen LogP contribution in [0.1, 0.15) is 38.5 Å². The van der Waals surface area contributed by atoms with Crippen molar-refractivity contribution in [3.05, 3.63) is 30.3 Å². The Balaban J connectivity index is 1.87. The summed E-state index contributed by atoms with van der Waals surface area (Å²) in [4.78, 5) is 24.2. The molecule has 23 heavy (non-hydrogen) atoms. The molecule has 1 fully saturated rings. The molecule has 1 aromatic rings. The molecule has 1 aliphatic carbocycles. The number of benzene rings is 1. The predicted molar refractivity (Wildman–Crippen MR) is 88.5 cm³/mol. The van der Waals surface area contributed by atoms with Crippen LogP contribution in [0.25, 0.3) is 0 Å². The van der Waals surface area contributed by atoms with Crippen molar-refractivity contribution in [1.82, 2.24) is 5.32 Å². The molecule has 6 heteroatoms. The number of hydrogen-bond acceptors (Lipinski definition) is 3. The van der Waals surface area contributed by atoms with Crippen molar-refractivity contribution in [2.45, 2.75) is 49.5 Å². The second-order valence-corrected chi connectivity index (χ2v) is 7.46. The summed E-state index contributed by atoms with van der Waals surface area (Å²) >= 11 is 0. The van der Waals surface area contributed by atoms with Crippen LogP contribution >= 0.6 is 0 Å². The topological polar surface area (TPSA) is 83.5 Å². The van der Waals surface area contributed by atoms with Gasteiger partial charge in [-0.3, -0.25) is 9.00 Å². The van der Waals surface area contributed by atoms with Crippen molar-refractivity contribution < 1.29 is 18.9 Å². The van der Waals surface area contributed by atoms with Crippen molar-refractivity contribution in [1.29, 1.82) is 0 Å². The van der Waals surface area contributed by atoms with Crippen LogP contribution in [0.15, 0.2) is 35.2 Å². The molecule has 2 atom stereocenters. The van der Waals surface area contributed by atoms with Crippen LogP contribution in [-0.4, -0.2) is 33.0 Å². The largest absolute Gasteiger partial charge is 0.480 e. The van der Waals surface area contributed by atoms with E-state index in [1.807, 2.05) is 6.07 Å². The zero-order chi connectivity index (χ0) is 16.7. The fourth-order valence-corrected chi connectivity index (χ4v) is 3.97. The van der Waals surface area contributed by atoms with Gasteiger partial charge in [0.15, 0.2) is 0 Å². The van der Waals surface area contributed by atoms with Crippen LogP contribution in [0.3, 0.4) is 0 Å². The number of carbonyl (C=O) groups excluding carboxylic acids is 1. The number of rotatable bonds is 7. The van der Waals surface area contributed by atoms with E-state index in [9.17, 15) is 18.9 Å². The minimum absolute atomic E-state index is 0.0785. The molecule has 2 rings (SSSR count). The van der Waals surface area contributed by atoms with Crippen molar-refractivity contribution in [3.8, 4) is 0 Å². The minimum atomic E-state index is -1.25. The summed E-state index contributed by atoms with van der Waals surface area (Å²) in [6, 6.07) is 7.97. The number of amides is 1. The maximum absolute atomic E-state index is 12.2. The Morgan fingerprint density at radius 1 is 1.17 bits per heavy atom. The molecule has 0 unspecified atom stereocenters. The van der Waals surface area contributed by atoms with E-state index in [0.29, 0.717) is 4.90 Å². The lowest BCUT2D eigenvalue weighted by Gasteiger charge is -2.23. The lowest BCUT2D eigenvalue weighted by Crippen LogP contribution is -2.44. The Labute approximate surface area is 138 Å². The van der Waals surface area contributed by atoms with E-state index in [4.69, 9.17) is 0 Å². The van der Waals surface area contributed by atoms with Gasteiger partial charge in [-0.15, -0.1) is 0 Å². The summed E-state index contributed by atoms with van der Waals surface area (Å²) in [5.74, 6) is -1.11. The van der Waals surface area contributed by atoms with Gasteiger partial charge < -0.3 is 10.4 Å². The maximum atomic E-state index is 12.2. The Morgan fingerprint density at radius 2 is 1.83 bits per heavy atom. The highest BCUT2D eigenvalue weighted by molar-refractivity contribution is 7.85. The zero-order valence-electron chi connectivity index (χ0n) is 13.1. The number of hydrogen-bond donors (Lipinski definition) is 2. The highest BCUT2D eigenvalue weighted by atomic mass is 32.2. The highest BCUT2D eigenvalue weighted by Gasteiger charge is 2.26. The molecule has 1 aliphatic rings. The van der Waals surface area contributed by atoms with E-state index in [2.05, 4.69) is 5.32 Å². The molecule has 0 bridgehead atoms. The minimum Gasteiger partial charge on any atom is -0.480 e. The van der Waals surface area contributed by atoms with Crippen LogP contribution in [0.5, 0.6) is 0 Å². The normalized spacial score (nSPS) is 18.1. The van der Waals surface area contributed by atoms with Gasteiger partial charge in [0.05, 0.1) is 10.8 Å². The first-order valence-electron chi connectivity index (χ1n) is 8.04. The van der Waals surface area contributed by atoms with Gasteiger partial charge in [-0.05, 0) is 31.4 Å². The van der Waals surface area contributed by atoms with Crippen molar-refractivity contribution in [2.24, 2.45) is 5.92 Å². The first-order chi connectivity index (χ1) is 11.1. The average molecular weight is 337 g/mol. The van der Waals surface area contributed by atoms with Gasteiger partial charge in [-0.1, -0.05) is 37.5 Å². The van der Waals surface area contributed by atoms with E-state index >= 15 is 0 Å². The average Bonchev–Trinajstić information content (AvgIpc) is 2.59. The summed E-state index contributed by atoms with van der Waals surface area (Å²) in [7, 11) is -1.25. The lowest BCUT2D eigenvalue weighted by atomic mass is 9.88.